The van der Waals surface area contributed by atoms with Crippen LogP contribution in [0, 0.1) is 0 Å². The third kappa shape index (κ3) is 5.03. The molecule has 1 aromatic heterocycles. The van der Waals surface area contributed by atoms with E-state index in [1.807, 2.05) is 25.1 Å². The van der Waals surface area contributed by atoms with Crippen molar-refractivity contribution in [3.05, 3.63) is 70.4 Å². The zero-order chi connectivity index (χ0) is 21.3. The Morgan fingerprint density at radius 3 is 2.81 bits per heavy atom. The molecule has 6 nitrogen and oxygen atoms in total. The average molecular weight is 439 g/mol. The fraction of sp³-hybridized carbons (Fsp3) is 0.292. The number of benzene rings is 1. The van der Waals surface area contributed by atoms with Crippen LogP contribution in [-0.4, -0.2) is 53.8 Å². The minimum absolute atomic E-state index is 0. The number of likely N-dealkylation sites (N-methyl/N-ethyl adjacent to an activating group) is 2. The van der Waals surface area contributed by atoms with E-state index < -0.39 is 0 Å². The van der Waals surface area contributed by atoms with Crippen molar-refractivity contribution < 1.29 is 9.59 Å². The van der Waals surface area contributed by atoms with Crippen LogP contribution in [0.5, 0.6) is 0 Å². The van der Waals surface area contributed by atoms with Crippen molar-refractivity contribution in [3.63, 3.8) is 0 Å². The molecule has 0 saturated heterocycles. The van der Waals surface area contributed by atoms with E-state index in [4.69, 9.17) is 0 Å². The Kier molecular flexibility index (Phi) is 6.93. The minimum Gasteiger partial charge on any atom is -0.338 e. The van der Waals surface area contributed by atoms with Gasteiger partial charge in [0.05, 0.1) is 6.54 Å². The third-order valence-corrected chi connectivity index (χ3v) is 5.68. The number of fused-ring (bicyclic) bond motifs is 2. The van der Waals surface area contributed by atoms with Gasteiger partial charge in [0, 0.05) is 38.0 Å². The van der Waals surface area contributed by atoms with Gasteiger partial charge in [-0.3, -0.25) is 14.5 Å². The number of rotatable bonds is 4. The molecule has 162 valence electrons. The van der Waals surface area contributed by atoms with Crippen molar-refractivity contribution in [1.82, 2.24) is 14.8 Å². The van der Waals surface area contributed by atoms with E-state index in [1.54, 1.807) is 23.2 Å². The van der Waals surface area contributed by atoms with Crippen LogP contribution in [0.15, 0.2) is 48.2 Å². The first kappa shape index (κ1) is 22.7. The van der Waals surface area contributed by atoms with Gasteiger partial charge in [0.2, 0.25) is 11.8 Å². The Balaban J connectivity index is 0.00000272. The molecule has 0 atom stereocenters. The molecule has 1 aliphatic heterocycles. The quantitative estimate of drug-likeness (QED) is 0.743. The highest BCUT2D eigenvalue weighted by Crippen LogP contribution is 2.32. The monoisotopic (exact) mass is 438 g/mol. The van der Waals surface area contributed by atoms with Crippen LogP contribution in [0.3, 0.4) is 0 Å². The van der Waals surface area contributed by atoms with Crippen molar-refractivity contribution in [1.29, 1.82) is 0 Å². The van der Waals surface area contributed by atoms with Crippen molar-refractivity contribution in [2.75, 3.05) is 32.5 Å². The zero-order valence-electron chi connectivity index (χ0n) is 18.0. The van der Waals surface area contributed by atoms with Crippen LogP contribution >= 0.6 is 12.4 Å². The zero-order valence-corrected chi connectivity index (χ0v) is 18.8. The van der Waals surface area contributed by atoms with E-state index in [-0.39, 0.29) is 24.2 Å². The van der Waals surface area contributed by atoms with Crippen LogP contribution < -0.4 is 5.32 Å². The molecule has 2 aliphatic rings. The van der Waals surface area contributed by atoms with Gasteiger partial charge in [0.25, 0.3) is 0 Å². The summed E-state index contributed by atoms with van der Waals surface area (Å²) in [5, 5.41) is 2.82. The summed E-state index contributed by atoms with van der Waals surface area (Å²) in [6.45, 7) is 3.71. The maximum absolute atomic E-state index is 12.7. The summed E-state index contributed by atoms with van der Waals surface area (Å²) in [7, 11) is 3.73. The molecule has 0 spiro atoms. The Labute approximate surface area is 189 Å². The van der Waals surface area contributed by atoms with Crippen molar-refractivity contribution in [3.8, 4) is 0 Å². The second-order valence-electron chi connectivity index (χ2n) is 8.09. The topological polar surface area (TPSA) is 65.5 Å². The fourth-order valence-electron chi connectivity index (χ4n) is 4.04. The molecule has 31 heavy (non-hydrogen) atoms. The van der Waals surface area contributed by atoms with E-state index in [0.717, 1.165) is 17.5 Å². The largest absolute Gasteiger partial charge is 0.338 e. The smallest absolute Gasteiger partial charge is 0.246 e. The molecule has 0 unspecified atom stereocenters. The van der Waals surface area contributed by atoms with Crippen LogP contribution in [0.2, 0.25) is 0 Å². The van der Waals surface area contributed by atoms with Crippen LogP contribution in [0.4, 0.5) is 5.82 Å². The number of nitrogens with zero attached hydrogens (tertiary/aromatic N) is 3. The highest BCUT2D eigenvalue weighted by molar-refractivity contribution is 5.93. The highest BCUT2D eigenvalue weighted by Gasteiger charge is 2.20. The van der Waals surface area contributed by atoms with Gasteiger partial charge in [-0.15, -0.1) is 12.4 Å². The number of hydrogen-bond donors (Lipinski definition) is 1. The van der Waals surface area contributed by atoms with Crippen LogP contribution in [-0.2, 0) is 22.6 Å². The molecule has 0 bridgehead atoms. The average Bonchev–Trinajstić information content (AvgIpc) is 2.94. The van der Waals surface area contributed by atoms with Crippen molar-refractivity contribution >= 4 is 41.7 Å². The summed E-state index contributed by atoms with van der Waals surface area (Å²) in [4.78, 5) is 32.5. The Morgan fingerprint density at radius 2 is 2.03 bits per heavy atom. The van der Waals surface area contributed by atoms with Gasteiger partial charge in [0.15, 0.2) is 0 Å². The molecule has 1 aliphatic carbocycles. The molecule has 0 saturated carbocycles. The van der Waals surface area contributed by atoms with Gasteiger partial charge < -0.3 is 10.2 Å². The molecule has 0 radical (unpaired) electrons. The molecule has 1 aromatic carbocycles. The van der Waals surface area contributed by atoms with Gasteiger partial charge in [0.1, 0.15) is 5.82 Å². The predicted octanol–water partition coefficient (Wildman–Crippen LogP) is 3.39. The summed E-state index contributed by atoms with van der Waals surface area (Å²) >= 11 is 0. The Morgan fingerprint density at radius 1 is 1.26 bits per heavy atom. The molecular formula is C24H27ClN4O2. The van der Waals surface area contributed by atoms with Crippen LogP contribution in [0.25, 0.3) is 11.6 Å². The maximum atomic E-state index is 12.7. The molecule has 2 amide bonds. The predicted molar refractivity (Wildman–Crippen MR) is 126 cm³/mol. The second kappa shape index (κ2) is 9.45. The fourth-order valence-corrected chi connectivity index (χ4v) is 4.04. The SMILES string of the molecule is CC1=C(CN(C)C(=O)/C=C/c2cnc3c(c2)CN(C)CC(=O)N3)Cc2ccccc21.Cl. The number of aromatic nitrogens is 1. The second-order valence-corrected chi connectivity index (χ2v) is 8.09. The van der Waals surface area contributed by atoms with E-state index >= 15 is 0 Å². The number of halogens is 1. The summed E-state index contributed by atoms with van der Waals surface area (Å²) < 4.78 is 0. The van der Waals surface area contributed by atoms with Gasteiger partial charge in [-0.05, 0) is 60.4 Å². The number of pyridine rings is 1. The lowest BCUT2D eigenvalue weighted by Crippen LogP contribution is -2.27. The number of carbonyl (C=O) groups excluding carboxylic acids is 2. The first-order valence-corrected chi connectivity index (χ1v) is 10.1. The molecule has 2 aromatic rings. The number of anilines is 1. The first-order chi connectivity index (χ1) is 14.4. The van der Waals surface area contributed by atoms with Crippen LogP contribution in [0.1, 0.15) is 29.2 Å². The summed E-state index contributed by atoms with van der Waals surface area (Å²) in [6.07, 6.45) is 5.94. The molecular weight excluding hydrogens is 412 g/mol. The Hall–Kier alpha value is -2.96. The summed E-state index contributed by atoms with van der Waals surface area (Å²) in [5.74, 6) is 0.474. The van der Waals surface area contributed by atoms with E-state index in [9.17, 15) is 9.59 Å². The lowest BCUT2D eigenvalue weighted by Gasteiger charge is -2.17. The van der Waals surface area contributed by atoms with Gasteiger partial charge >= 0.3 is 0 Å². The molecule has 4 rings (SSSR count). The summed E-state index contributed by atoms with van der Waals surface area (Å²) in [5.41, 5.74) is 6.95. The molecule has 0 fully saturated rings. The molecule has 7 heteroatoms. The normalized spacial score (nSPS) is 15.8. The summed E-state index contributed by atoms with van der Waals surface area (Å²) in [6, 6.07) is 10.4. The number of amides is 2. The number of carbonyl (C=O) groups is 2. The van der Waals surface area contributed by atoms with Gasteiger partial charge in [-0.1, -0.05) is 24.3 Å². The van der Waals surface area contributed by atoms with E-state index in [0.29, 0.717) is 25.5 Å². The molecule has 1 N–H and O–H groups in total. The van der Waals surface area contributed by atoms with Crippen molar-refractivity contribution in [2.45, 2.75) is 19.9 Å². The first-order valence-electron chi connectivity index (χ1n) is 10.1. The number of allylic oxidation sites excluding steroid dienone is 1. The van der Waals surface area contributed by atoms with Gasteiger partial charge in [-0.25, -0.2) is 4.98 Å². The minimum atomic E-state index is -0.0671. The van der Waals surface area contributed by atoms with E-state index in [1.165, 1.54) is 22.3 Å². The lowest BCUT2D eigenvalue weighted by molar-refractivity contribution is -0.124. The molecule has 2 heterocycles. The number of nitrogens with one attached hydrogen (secondary N) is 1. The third-order valence-electron chi connectivity index (χ3n) is 5.68. The van der Waals surface area contributed by atoms with E-state index in [2.05, 4.69) is 41.5 Å². The van der Waals surface area contributed by atoms with Gasteiger partial charge in [-0.2, -0.15) is 0 Å². The highest BCUT2D eigenvalue weighted by atomic mass is 35.5. The number of hydrogen-bond acceptors (Lipinski definition) is 4. The maximum Gasteiger partial charge on any atom is 0.246 e. The van der Waals surface area contributed by atoms with Crippen molar-refractivity contribution in [2.24, 2.45) is 0 Å². The lowest BCUT2D eigenvalue weighted by atomic mass is 10.1. The standard InChI is InChI=1S/C24H26N4O2.ClH/c1-16-19(11-18-6-4-5-7-21(16)18)14-28(3)23(30)9-8-17-10-20-13-27(2)15-22(29)26-24(20)25-12-17;/h4-10,12H,11,13-15H2,1-3H3,(H,25,26,29);1H/b9-8+;. The Bertz CT molecular complexity index is 1080.